The number of aromatic nitrogens is 2. The average Bonchev–Trinajstić information content (AvgIpc) is 3.44. The standard InChI is InChI=1S/C19H15F3N2OS/c20-19(21,22)13-5-3-4-12(10-13)11-26-18-23-16-7-2-1-6-15(16)17(25)24(18)14-8-9-14/h1-7,10,14H,8-9,11H2. The Bertz CT molecular complexity index is 1030. The van der Waals surface area contributed by atoms with Crippen molar-refractivity contribution < 1.29 is 13.2 Å². The van der Waals surface area contributed by atoms with Crippen molar-refractivity contribution in [2.45, 2.75) is 36.0 Å². The van der Waals surface area contributed by atoms with Crippen LogP contribution in [0.3, 0.4) is 0 Å². The molecule has 0 radical (unpaired) electrons. The molecule has 0 amide bonds. The molecule has 0 spiro atoms. The van der Waals surface area contributed by atoms with E-state index in [9.17, 15) is 18.0 Å². The summed E-state index contributed by atoms with van der Waals surface area (Å²) in [6.45, 7) is 0. The molecule has 1 saturated carbocycles. The van der Waals surface area contributed by atoms with E-state index < -0.39 is 11.7 Å². The number of hydrogen-bond acceptors (Lipinski definition) is 3. The van der Waals surface area contributed by atoms with Crippen molar-refractivity contribution in [3.05, 3.63) is 70.0 Å². The number of para-hydroxylation sites is 1. The lowest BCUT2D eigenvalue weighted by Gasteiger charge is -2.13. The predicted molar refractivity (Wildman–Crippen MR) is 95.3 cm³/mol. The first-order valence-electron chi connectivity index (χ1n) is 8.24. The molecule has 1 aliphatic carbocycles. The Balaban J connectivity index is 1.67. The van der Waals surface area contributed by atoms with Gasteiger partial charge in [-0.3, -0.25) is 9.36 Å². The van der Waals surface area contributed by atoms with Crippen LogP contribution in [-0.4, -0.2) is 9.55 Å². The summed E-state index contributed by atoms with van der Waals surface area (Å²) in [6, 6.07) is 12.6. The Morgan fingerprint density at radius 1 is 1.12 bits per heavy atom. The highest BCUT2D eigenvalue weighted by atomic mass is 32.2. The molecule has 1 heterocycles. The van der Waals surface area contributed by atoms with Crippen LogP contribution in [0, 0.1) is 0 Å². The summed E-state index contributed by atoms with van der Waals surface area (Å²) in [5.74, 6) is 0.321. The van der Waals surface area contributed by atoms with Gasteiger partial charge in [-0.25, -0.2) is 4.98 Å². The molecule has 134 valence electrons. The summed E-state index contributed by atoms with van der Waals surface area (Å²) < 4.78 is 40.3. The molecule has 0 unspecified atom stereocenters. The maximum atomic E-state index is 12.9. The average molecular weight is 376 g/mol. The molecule has 0 bridgehead atoms. The fourth-order valence-corrected chi connectivity index (χ4v) is 3.88. The summed E-state index contributed by atoms with van der Waals surface area (Å²) in [5, 5.41) is 1.14. The molecule has 3 nitrogen and oxygen atoms in total. The quantitative estimate of drug-likeness (QED) is 0.472. The molecule has 0 N–H and O–H groups in total. The monoisotopic (exact) mass is 376 g/mol. The summed E-state index contributed by atoms with van der Waals surface area (Å²) in [4.78, 5) is 17.4. The number of nitrogens with zero attached hydrogens (tertiary/aromatic N) is 2. The van der Waals surface area contributed by atoms with Crippen molar-refractivity contribution in [1.82, 2.24) is 9.55 Å². The van der Waals surface area contributed by atoms with Gasteiger partial charge < -0.3 is 0 Å². The van der Waals surface area contributed by atoms with Crippen molar-refractivity contribution in [1.29, 1.82) is 0 Å². The first-order chi connectivity index (χ1) is 12.4. The second-order valence-corrected chi connectivity index (χ2v) is 7.25. The van der Waals surface area contributed by atoms with Crippen LogP contribution >= 0.6 is 11.8 Å². The van der Waals surface area contributed by atoms with Crippen LogP contribution in [0.25, 0.3) is 10.9 Å². The number of alkyl halides is 3. The van der Waals surface area contributed by atoms with Crippen LogP contribution < -0.4 is 5.56 Å². The van der Waals surface area contributed by atoms with E-state index in [-0.39, 0.29) is 11.6 Å². The highest BCUT2D eigenvalue weighted by Crippen LogP contribution is 2.37. The van der Waals surface area contributed by atoms with Crippen LogP contribution in [0.1, 0.15) is 30.0 Å². The molecule has 1 aromatic heterocycles. The van der Waals surface area contributed by atoms with E-state index in [1.165, 1.54) is 17.8 Å². The summed E-state index contributed by atoms with van der Waals surface area (Å²) >= 11 is 1.30. The molecule has 0 saturated heterocycles. The fraction of sp³-hybridized carbons (Fsp3) is 0.263. The molecule has 4 rings (SSSR count). The van der Waals surface area contributed by atoms with Gasteiger partial charge in [0.25, 0.3) is 5.56 Å². The van der Waals surface area contributed by atoms with Crippen molar-refractivity contribution in [2.24, 2.45) is 0 Å². The van der Waals surface area contributed by atoms with E-state index in [2.05, 4.69) is 4.98 Å². The van der Waals surface area contributed by atoms with Gasteiger partial charge in [0.15, 0.2) is 5.16 Å². The number of fused-ring (bicyclic) bond motifs is 1. The Labute approximate surface area is 151 Å². The van der Waals surface area contributed by atoms with Gasteiger partial charge in [-0.2, -0.15) is 13.2 Å². The van der Waals surface area contributed by atoms with Crippen LogP contribution in [0.4, 0.5) is 13.2 Å². The van der Waals surface area contributed by atoms with Crippen molar-refractivity contribution in [3.8, 4) is 0 Å². The van der Waals surface area contributed by atoms with Crippen molar-refractivity contribution in [2.75, 3.05) is 0 Å². The van der Waals surface area contributed by atoms with Crippen LogP contribution in [0.2, 0.25) is 0 Å². The van der Waals surface area contributed by atoms with Gasteiger partial charge in [-0.15, -0.1) is 0 Å². The Morgan fingerprint density at radius 3 is 2.62 bits per heavy atom. The first kappa shape index (κ1) is 17.1. The first-order valence-corrected chi connectivity index (χ1v) is 9.22. The lowest BCUT2D eigenvalue weighted by Crippen LogP contribution is -2.22. The van der Waals surface area contributed by atoms with E-state index in [0.29, 0.717) is 27.4 Å². The van der Waals surface area contributed by atoms with E-state index in [1.54, 1.807) is 28.8 Å². The van der Waals surface area contributed by atoms with Crippen molar-refractivity contribution >= 4 is 22.7 Å². The zero-order chi connectivity index (χ0) is 18.3. The van der Waals surface area contributed by atoms with E-state index in [1.807, 2.05) is 6.07 Å². The molecule has 1 fully saturated rings. The molecule has 0 atom stereocenters. The fourth-order valence-electron chi connectivity index (χ4n) is 2.87. The van der Waals surface area contributed by atoms with E-state index in [0.717, 1.165) is 25.0 Å². The molecule has 26 heavy (non-hydrogen) atoms. The molecule has 2 aromatic carbocycles. The molecular formula is C19H15F3N2OS. The zero-order valence-corrected chi connectivity index (χ0v) is 14.5. The number of rotatable bonds is 4. The predicted octanol–water partition coefficient (Wildman–Crippen LogP) is 5.04. The highest BCUT2D eigenvalue weighted by molar-refractivity contribution is 7.98. The van der Waals surface area contributed by atoms with E-state index >= 15 is 0 Å². The van der Waals surface area contributed by atoms with Crippen LogP contribution in [0.5, 0.6) is 0 Å². The topological polar surface area (TPSA) is 34.9 Å². The molecule has 3 aromatic rings. The number of halogens is 3. The minimum Gasteiger partial charge on any atom is -0.284 e. The van der Waals surface area contributed by atoms with Gasteiger partial charge in [0.2, 0.25) is 0 Å². The second-order valence-electron chi connectivity index (χ2n) is 6.30. The lowest BCUT2D eigenvalue weighted by atomic mass is 10.1. The van der Waals surface area contributed by atoms with Crippen LogP contribution in [0.15, 0.2) is 58.5 Å². The van der Waals surface area contributed by atoms with Gasteiger partial charge in [-0.05, 0) is 36.6 Å². The van der Waals surface area contributed by atoms with Crippen LogP contribution in [-0.2, 0) is 11.9 Å². The maximum absolute atomic E-state index is 12.9. The minimum atomic E-state index is -4.36. The number of thioether (sulfide) groups is 1. The van der Waals surface area contributed by atoms with Crippen molar-refractivity contribution in [3.63, 3.8) is 0 Å². The number of benzene rings is 2. The SMILES string of the molecule is O=c1c2ccccc2nc(SCc2cccc(C(F)(F)F)c2)n1C1CC1. The third-order valence-electron chi connectivity index (χ3n) is 4.31. The molecule has 0 aliphatic heterocycles. The normalized spacial score (nSPS) is 14.7. The zero-order valence-electron chi connectivity index (χ0n) is 13.7. The van der Waals surface area contributed by atoms with Gasteiger partial charge in [0.05, 0.1) is 16.5 Å². The van der Waals surface area contributed by atoms with Gasteiger partial charge in [0.1, 0.15) is 0 Å². The molecule has 7 heteroatoms. The lowest BCUT2D eigenvalue weighted by molar-refractivity contribution is -0.137. The maximum Gasteiger partial charge on any atom is 0.416 e. The largest absolute Gasteiger partial charge is 0.416 e. The highest BCUT2D eigenvalue weighted by Gasteiger charge is 2.31. The Hall–Kier alpha value is -2.28. The minimum absolute atomic E-state index is 0.0790. The third-order valence-corrected chi connectivity index (χ3v) is 5.33. The third kappa shape index (κ3) is 3.35. The molecule has 1 aliphatic rings. The van der Waals surface area contributed by atoms with Gasteiger partial charge in [-0.1, -0.05) is 42.1 Å². The summed E-state index contributed by atoms with van der Waals surface area (Å²) in [7, 11) is 0. The Morgan fingerprint density at radius 2 is 1.88 bits per heavy atom. The van der Waals surface area contributed by atoms with E-state index in [4.69, 9.17) is 0 Å². The van der Waals surface area contributed by atoms with Gasteiger partial charge >= 0.3 is 6.18 Å². The van der Waals surface area contributed by atoms with Gasteiger partial charge in [0, 0.05) is 11.8 Å². The summed E-state index contributed by atoms with van der Waals surface area (Å²) in [5.41, 5.74) is 0.418. The Kier molecular flexibility index (Phi) is 4.26. The summed E-state index contributed by atoms with van der Waals surface area (Å²) in [6.07, 6.45) is -2.51. The second kappa shape index (κ2) is 6.46. The molecular weight excluding hydrogens is 361 g/mol. The number of hydrogen-bond donors (Lipinski definition) is 0. The smallest absolute Gasteiger partial charge is 0.284 e.